The summed E-state index contributed by atoms with van der Waals surface area (Å²) < 4.78 is 0. The van der Waals surface area contributed by atoms with Crippen molar-refractivity contribution in [2.75, 3.05) is 5.73 Å². The third-order valence-electron chi connectivity index (χ3n) is 5.06. The van der Waals surface area contributed by atoms with E-state index in [9.17, 15) is 9.59 Å². The van der Waals surface area contributed by atoms with Crippen LogP contribution in [-0.2, 0) is 0 Å². The summed E-state index contributed by atoms with van der Waals surface area (Å²) >= 11 is 6.24. The van der Waals surface area contributed by atoms with Gasteiger partial charge < -0.3 is 16.0 Å². The Bertz CT molecular complexity index is 1320. The highest BCUT2D eigenvalue weighted by Gasteiger charge is 2.24. The molecule has 0 unspecified atom stereocenters. The van der Waals surface area contributed by atoms with Gasteiger partial charge in [0.25, 0.3) is 11.5 Å². The van der Waals surface area contributed by atoms with Crippen molar-refractivity contribution in [3.8, 4) is 11.1 Å². The van der Waals surface area contributed by atoms with Gasteiger partial charge in [-0.2, -0.15) is 5.10 Å². The van der Waals surface area contributed by atoms with Gasteiger partial charge in [0.1, 0.15) is 5.69 Å². The lowest BCUT2D eigenvalue weighted by atomic mass is 9.95. The molecular weight excluding hydrogens is 378 g/mol. The van der Waals surface area contributed by atoms with Gasteiger partial charge in [-0.25, -0.2) is 0 Å². The second-order valence-corrected chi connectivity index (χ2v) is 7.41. The van der Waals surface area contributed by atoms with E-state index in [-0.39, 0.29) is 23.2 Å². The predicted molar refractivity (Wildman–Crippen MR) is 110 cm³/mol. The topological polar surface area (TPSA) is 117 Å². The standard InChI is InChI=1S/C20H16ClN5O2/c21-14-5-4-11(13-8-23-26-18(13)14)16-12-7-9(19(27)24-10-2-3-10)1-6-15(12)25-20(28)17(16)22/h1,4-8,10H,2-3,22H2,(H,23,26)(H,24,27)(H,25,28). The molecule has 5 rings (SSSR count). The number of amides is 1. The summed E-state index contributed by atoms with van der Waals surface area (Å²) in [4.78, 5) is 27.7. The quantitative estimate of drug-likeness (QED) is 0.427. The second-order valence-electron chi connectivity index (χ2n) is 7.00. The van der Waals surface area contributed by atoms with Crippen LogP contribution in [-0.4, -0.2) is 27.1 Å². The average molecular weight is 394 g/mol. The zero-order chi connectivity index (χ0) is 19.4. The molecule has 0 spiro atoms. The third-order valence-corrected chi connectivity index (χ3v) is 5.37. The molecule has 5 N–H and O–H groups in total. The van der Waals surface area contributed by atoms with Gasteiger partial charge in [0.2, 0.25) is 0 Å². The van der Waals surface area contributed by atoms with Crippen LogP contribution in [0.5, 0.6) is 0 Å². The lowest BCUT2D eigenvalue weighted by molar-refractivity contribution is 0.0951. The van der Waals surface area contributed by atoms with Crippen molar-refractivity contribution >= 4 is 45.0 Å². The SMILES string of the molecule is Nc1c(-c2ccc(Cl)c3[nH]ncc23)c2cc(C(=O)NC3CC3)ccc2[nH]c1=O. The fourth-order valence-corrected chi connectivity index (χ4v) is 3.66. The molecule has 7 nitrogen and oxygen atoms in total. The Labute approximate surface area is 163 Å². The maximum Gasteiger partial charge on any atom is 0.272 e. The number of H-pyrrole nitrogens is 2. The molecule has 2 heterocycles. The van der Waals surface area contributed by atoms with Gasteiger partial charge >= 0.3 is 0 Å². The molecule has 0 bridgehead atoms. The molecule has 2 aromatic heterocycles. The zero-order valence-electron chi connectivity index (χ0n) is 14.7. The van der Waals surface area contributed by atoms with Crippen molar-refractivity contribution in [2.45, 2.75) is 18.9 Å². The normalized spacial score (nSPS) is 13.9. The number of aromatic nitrogens is 3. The summed E-state index contributed by atoms with van der Waals surface area (Å²) in [6, 6.07) is 8.98. The molecule has 1 aliphatic rings. The van der Waals surface area contributed by atoms with Gasteiger partial charge in [-0.05, 0) is 42.7 Å². The molecule has 140 valence electrons. The smallest absolute Gasteiger partial charge is 0.272 e. The van der Waals surface area contributed by atoms with E-state index < -0.39 is 0 Å². The molecule has 1 saturated carbocycles. The highest BCUT2D eigenvalue weighted by atomic mass is 35.5. The van der Waals surface area contributed by atoms with Gasteiger partial charge in [-0.1, -0.05) is 17.7 Å². The van der Waals surface area contributed by atoms with Crippen LogP contribution in [0.15, 0.2) is 41.3 Å². The summed E-state index contributed by atoms with van der Waals surface area (Å²) in [6.07, 6.45) is 3.66. The first-order valence-corrected chi connectivity index (χ1v) is 9.29. The largest absolute Gasteiger partial charge is 0.394 e. The number of nitrogens with two attached hydrogens (primary N) is 1. The van der Waals surface area contributed by atoms with E-state index >= 15 is 0 Å². The Morgan fingerprint density at radius 2 is 2.04 bits per heavy atom. The molecular formula is C20H16ClN5O2. The molecule has 2 aromatic carbocycles. The fraction of sp³-hybridized carbons (Fsp3) is 0.150. The molecule has 1 aliphatic carbocycles. The molecule has 0 atom stereocenters. The van der Waals surface area contributed by atoms with E-state index in [1.165, 1.54) is 0 Å². The first-order chi connectivity index (χ1) is 13.5. The third kappa shape index (κ3) is 2.63. The number of hydrogen-bond acceptors (Lipinski definition) is 4. The van der Waals surface area contributed by atoms with Crippen molar-refractivity contribution in [3.05, 3.63) is 57.5 Å². The maximum atomic E-state index is 12.5. The van der Waals surface area contributed by atoms with Crippen LogP contribution in [0.2, 0.25) is 5.02 Å². The number of fused-ring (bicyclic) bond motifs is 2. The number of rotatable bonds is 3. The predicted octanol–water partition coefficient (Wildman–Crippen LogP) is 3.20. The number of carbonyl (C=O) groups is 1. The van der Waals surface area contributed by atoms with E-state index in [1.54, 1.807) is 30.5 Å². The summed E-state index contributed by atoms with van der Waals surface area (Å²) in [5.41, 5.74) is 8.95. The fourth-order valence-electron chi connectivity index (χ4n) is 3.46. The number of nitrogens with zero attached hydrogens (tertiary/aromatic N) is 1. The van der Waals surface area contributed by atoms with Crippen LogP contribution in [0.25, 0.3) is 32.9 Å². The average Bonchev–Trinajstić information content (AvgIpc) is 3.35. The van der Waals surface area contributed by atoms with E-state index in [0.717, 1.165) is 23.8 Å². The van der Waals surface area contributed by atoms with E-state index in [2.05, 4.69) is 20.5 Å². The van der Waals surface area contributed by atoms with E-state index in [1.807, 2.05) is 6.07 Å². The molecule has 1 fully saturated rings. The van der Waals surface area contributed by atoms with Crippen LogP contribution >= 0.6 is 11.6 Å². The Morgan fingerprint density at radius 3 is 2.82 bits per heavy atom. The number of nitrogens with one attached hydrogen (secondary N) is 3. The van der Waals surface area contributed by atoms with Crippen LogP contribution in [0.3, 0.4) is 0 Å². The Kier molecular flexibility index (Phi) is 3.67. The van der Waals surface area contributed by atoms with Crippen molar-refractivity contribution in [1.82, 2.24) is 20.5 Å². The molecule has 0 aliphatic heterocycles. The lowest BCUT2D eigenvalue weighted by Gasteiger charge is -2.13. The zero-order valence-corrected chi connectivity index (χ0v) is 15.4. The highest BCUT2D eigenvalue weighted by molar-refractivity contribution is 6.35. The van der Waals surface area contributed by atoms with E-state index in [4.69, 9.17) is 17.3 Å². The van der Waals surface area contributed by atoms with Crippen molar-refractivity contribution in [3.63, 3.8) is 0 Å². The van der Waals surface area contributed by atoms with Crippen LogP contribution in [0.4, 0.5) is 5.69 Å². The molecule has 0 radical (unpaired) electrons. The van der Waals surface area contributed by atoms with Crippen molar-refractivity contribution in [2.24, 2.45) is 0 Å². The van der Waals surface area contributed by atoms with Gasteiger partial charge in [-0.15, -0.1) is 0 Å². The minimum atomic E-state index is -0.385. The molecule has 8 heteroatoms. The molecule has 0 saturated heterocycles. The van der Waals surface area contributed by atoms with Gasteiger partial charge in [0, 0.05) is 33.5 Å². The van der Waals surface area contributed by atoms with Crippen LogP contribution in [0, 0.1) is 0 Å². The van der Waals surface area contributed by atoms with Crippen molar-refractivity contribution in [1.29, 1.82) is 0 Å². The first-order valence-electron chi connectivity index (χ1n) is 8.91. The van der Waals surface area contributed by atoms with E-state index in [0.29, 0.717) is 32.6 Å². The summed E-state index contributed by atoms with van der Waals surface area (Å²) in [5, 5.41) is 11.9. The molecule has 28 heavy (non-hydrogen) atoms. The number of halogens is 1. The summed E-state index contributed by atoms with van der Waals surface area (Å²) in [7, 11) is 0. The number of carbonyl (C=O) groups excluding carboxylic acids is 1. The minimum absolute atomic E-state index is 0.0806. The summed E-state index contributed by atoms with van der Waals surface area (Å²) in [5.74, 6) is -0.135. The number of anilines is 1. The first kappa shape index (κ1) is 16.8. The number of aromatic amines is 2. The number of pyridine rings is 1. The number of nitrogen functional groups attached to an aromatic ring is 1. The van der Waals surface area contributed by atoms with Gasteiger partial charge in [-0.3, -0.25) is 14.7 Å². The minimum Gasteiger partial charge on any atom is -0.394 e. The maximum absolute atomic E-state index is 12.5. The molecule has 4 aromatic rings. The van der Waals surface area contributed by atoms with Gasteiger partial charge in [0.05, 0.1) is 16.7 Å². The lowest BCUT2D eigenvalue weighted by Crippen LogP contribution is -2.25. The summed E-state index contributed by atoms with van der Waals surface area (Å²) in [6.45, 7) is 0. The Morgan fingerprint density at radius 1 is 1.21 bits per heavy atom. The van der Waals surface area contributed by atoms with Crippen molar-refractivity contribution < 1.29 is 4.79 Å². The van der Waals surface area contributed by atoms with Crippen LogP contribution in [0.1, 0.15) is 23.2 Å². The van der Waals surface area contributed by atoms with Gasteiger partial charge in [0.15, 0.2) is 0 Å². The Hall–Kier alpha value is -3.32. The monoisotopic (exact) mass is 393 g/mol. The van der Waals surface area contributed by atoms with Crippen LogP contribution < -0.4 is 16.6 Å². The highest BCUT2D eigenvalue weighted by Crippen LogP contribution is 2.37. The molecule has 1 amide bonds. The Balaban J connectivity index is 1.79. The number of hydrogen-bond donors (Lipinski definition) is 4. The number of benzene rings is 2. The second kappa shape index (κ2) is 6.10.